The summed E-state index contributed by atoms with van der Waals surface area (Å²) in [4.78, 5) is 2.52. The van der Waals surface area contributed by atoms with E-state index >= 15 is 0 Å². The van der Waals surface area contributed by atoms with E-state index < -0.39 is 0 Å². The highest BCUT2D eigenvalue weighted by Crippen LogP contribution is 2.30. The van der Waals surface area contributed by atoms with Crippen molar-refractivity contribution in [1.29, 1.82) is 0 Å². The molecule has 1 fully saturated rings. The van der Waals surface area contributed by atoms with Crippen molar-refractivity contribution in [2.75, 3.05) is 30.3 Å². The second-order valence-corrected chi connectivity index (χ2v) is 7.99. The fraction of sp³-hybridized carbons (Fsp3) is 0.647. The van der Waals surface area contributed by atoms with Crippen molar-refractivity contribution in [3.05, 3.63) is 28.8 Å². The van der Waals surface area contributed by atoms with Gasteiger partial charge in [-0.25, -0.2) is 0 Å². The van der Waals surface area contributed by atoms with Gasteiger partial charge in [0.1, 0.15) is 0 Å². The van der Waals surface area contributed by atoms with Crippen LogP contribution in [-0.2, 0) is 6.54 Å². The molecule has 1 aliphatic heterocycles. The van der Waals surface area contributed by atoms with E-state index in [1.165, 1.54) is 23.4 Å². The average Bonchev–Trinajstić information content (AvgIpc) is 2.48. The summed E-state index contributed by atoms with van der Waals surface area (Å²) in [5, 5.41) is 5.13. The predicted molar refractivity (Wildman–Crippen MR) is 96.7 cm³/mol. The van der Waals surface area contributed by atoms with Crippen LogP contribution in [0.5, 0.6) is 0 Å². The fourth-order valence-corrected chi connectivity index (χ4v) is 4.01. The van der Waals surface area contributed by atoms with E-state index in [1.807, 2.05) is 6.07 Å². The number of nitrogens with zero attached hydrogens (tertiary/aromatic N) is 1. The van der Waals surface area contributed by atoms with Crippen LogP contribution in [0.15, 0.2) is 18.2 Å². The van der Waals surface area contributed by atoms with Gasteiger partial charge in [-0.1, -0.05) is 38.4 Å². The van der Waals surface area contributed by atoms with E-state index in [2.05, 4.69) is 54.9 Å². The first-order valence-electron chi connectivity index (χ1n) is 7.95. The Morgan fingerprint density at radius 2 is 2.24 bits per heavy atom. The number of hydrogen-bond acceptors (Lipinski definition) is 3. The summed E-state index contributed by atoms with van der Waals surface area (Å²) in [5.74, 6) is 1.89. The molecule has 0 amide bonds. The third-order valence-electron chi connectivity index (χ3n) is 3.85. The van der Waals surface area contributed by atoms with Crippen molar-refractivity contribution in [1.82, 2.24) is 5.32 Å². The Balaban J connectivity index is 2.10. The highest BCUT2D eigenvalue weighted by molar-refractivity contribution is 8.00. The minimum Gasteiger partial charge on any atom is -0.369 e. The van der Waals surface area contributed by atoms with Crippen molar-refractivity contribution < 1.29 is 0 Å². The Hall–Kier alpha value is -0.380. The lowest BCUT2D eigenvalue weighted by Gasteiger charge is -2.35. The third-order valence-corrected chi connectivity index (χ3v) is 5.46. The first-order valence-corrected chi connectivity index (χ1v) is 9.38. The molecule has 21 heavy (non-hydrogen) atoms. The van der Waals surface area contributed by atoms with Gasteiger partial charge in [0.15, 0.2) is 0 Å². The number of halogens is 1. The molecular weight excluding hydrogens is 300 g/mol. The van der Waals surface area contributed by atoms with Crippen molar-refractivity contribution in [3.8, 4) is 0 Å². The lowest BCUT2D eigenvalue weighted by atomic mass is 10.1. The third kappa shape index (κ3) is 5.08. The summed E-state index contributed by atoms with van der Waals surface area (Å²) in [7, 11) is 0. The second-order valence-electron chi connectivity index (χ2n) is 6.14. The zero-order valence-corrected chi connectivity index (χ0v) is 14.9. The average molecular weight is 327 g/mol. The molecule has 0 saturated carbocycles. The van der Waals surface area contributed by atoms with Crippen LogP contribution in [0.3, 0.4) is 0 Å². The summed E-state index contributed by atoms with van der Waals surface area (Å²) >= 11 is 8.34. The van der Waals surface area contributed by atoms with E-state index in [0.717, 1.165) is 36.5 Å². The van der Waals surface area contributed by atoms with E-state index in [0.29, 0.717) is 5.92 Å². The SMILES string of the molecule is CCC1CN(c2cc(Cl)ccc2CNCC(C)C)CCS1. The topological polar surface area (TPSA) is 15.3 Å². The molecule has 0 spiro atoms. The Morgan fingerprint density at radius 1 is 1.43 bits per heavy atom. The molecule has 1 aromatic rings. The van der Waals surface area contributed by atoms with Gasteiger partial charge in [0.05, 0.1) is 0 Å². The number of thioether (sulfide) groups is 1. The zero-order valence-electron chi connectivity index (χ0n) is 13.4. The predicted octanol–water partition coefficient (Wildman–Crippen LogP) is 4.42. The van der Waals surface area contributed by atoms with Crippen molar-refractivity contribution in [2.24, 2.45) is 5.92 Å². The van der Waals surface area contributed by atoms with Gasteiger partial charge in [-0.3, -0.25) is 0 Å². The van der Waals surface area contributed by atoms with E-state index in [1.54, 1.807) is 0 Å². The number of benzene rings is 1. The lowest BCUT2D eigenvalue weighted by Crippen LogP contribution is -2.38. The van der Waals surface area contributed by atoms with Gasteiger partial charge in [-0.15, -0.1) is 0 Å². The Bertz CT molecular complexity index is 450. The van der Waals surface area contributed by atoms with Crippen molar-refractivity contribution >= 4 is 29.1 Å². The second kappa shape index (κ2) is 8.30. The summed E-state index contributed by atoms with van der Waals surface area (Å²) < 4.78 is 0. The summed E-state index contributed by atoms with van der Waals surface area (Å²) in [5.41, 5.74) is 2.68. The van der Waals surface area contributed by atoms with Crippen LogP contribution in [0.25, 0.3) is 0 Å². The molecule has 0 bridgehead atoms. The quantitative estimate of drug-likeness (QED) is 0.833. The molecule has 1 aliphatic rings. The van der Waals surface area contributed by atoms with Gasteiger partial charge < -0.3 is 10.2 Å². The molecule has 1 unspecified atom stereocenters. The molecule has 1 atom stereocenters. The molecule has 1 heterocycles. The number of anilines is 1. The van der Waals surface area contributed by atoms with Crippen LogP contribution in [-0.4, -0.2) is 30.6 Å². The van der Waals surface area contributed by atoms with Gasteiger partial charge in [-0.2, -0.15) is 11.8 Å². The molecule has 4 heteroatoms. The number of hydrogen-bond donors (Lipinski definition) is 1. The molecule has 2 nitrogen and oxygen atoms in total. The maximum atomic E-state index is 6.24. The standard InChI is InChI=1S/C17H27ClN2S/c1-4-16-12-20(7-8-21-16)17-9-15(18)6-5-14(17)11-19-10-13(2)3/h5-6,9,13,16,19H,4,7-8,10-12H2,1-3H3. The zero-order chi connectivity index (χ0) is 15.2. The minimum atomic E-state index is 0.677. The Morgan fingerprint density at radius 3 is 2.95 bits per heavy atom. The van der Waals surface area contributed by atoms with Gasteiger partial charge >= 0.3 is 0 Å². The van der Waals surface area contributed by atoms with Crippen LogP contribution in [0.4, 0.5) is 5.69 Å². The Kier molecular flexibility index (Phi) is 6.72. The van der Waals surface area contributed by atoms with E-state index in [-0.39, 0.29) is 0 Å². The van der Waals surface area contributed by atoms with Crippen LogP contribution >= 0.6 is 23.4 Å². The number of nitrogens with one attached hydrogen (secondary N) is 1. The van der Waals surface area contributed by atoms with Gasteiger partial charge in [-0.05, 0) is 36.6 Å². The minimum absolute atomic E-state index is 0.677. The van der Waals surface area contributed by atoms with Crippen molar-refractivity contribution in [2.45, 2.75) is 39.0 Å². The lowest BCUT2D eigenvalue weighted by molar-refractivity contribution is 0.551. The monoisotopic (exact) mass is 326 g/mol. The highest BCUT2D eigenvalue weighted by atomic mass is 35.5. The molecule has 0 aromatic heterocycles. The molecule has 118 valence electrons. The molecule has 0 aliphatic carbocycles. The summed E-state index contributed by atoms with van der Waals surface area (Å²) in [6, 6.07) is 6.32. The fourth-order valence-electron chi connectivity index (χ4n) is 2.66. The largest absolute Gasteiger partial charge is 0.369 e. The van der Waals surface area contributed by atoms with E-state index in [9.17, 15) is 0 Å². The van der Waals surface area contributed by atoms with E-state index in [4.69, 9.17) is 11.6 Å². The Labute approximate surface area is 138 Å². The smallest absolute Gasteiger partial charge is 0.0427 e. The maximum absolute atomic E-state index is 6.24. The van der Waals surface area contributed by atoms with Crippen molar-refractivity contribution in [3.63, 3.8) is 0 Å². The highest BCUT2D eigenvalue weighted by Gasteiger charge is 2.21. The molecular formula is C17H27ClN2S. The summed E-state index contributed by atoms with van der Waals surface area (Å²) in [6.07, 6.45) is 1.24. The van der Waals surface area contributed by atoms with Crippen LogP contribution in [0.1, 0.15) is 32.8 Å². The van der Waals surface area contributed by atoms with Gasteiger partial charge in [0.2, 0.25) is 0 Å². The molecule has 1 saturated heterocycles. The molecule has 2 rings (SSSR count). The molecule has 0 radical (unpaired) electrons. The molecule has 1 aromatic carbocycles. The summed E-state index contributed by atoms with van der Waals surface area (Å²) in [6.45, 7) is 11.0. The van der Waals surface area contributed by atoms with Crippen LogP contribution < -0.4 is 10.2 Å². The van der Waals surface area contributed by atoms with Crippen LogP contribution in [0, 0.1) is 5.92 Å². The van der Waals surface area contributed by atoms with Crippen LogP contribution in [0.2, 0.25) is 5.02 Å². The number of rotatable bonds is 6. The van der Waals surface area contributed by atoms with Gasteiger partial charge in [0.25, 0.3) is 0 Å². The molecule has 1 N–H and O–H groups in total. The first-order chi connectivity index (χ1) is 10.1. The maximum Gasteiger partial charge on any atom is 0.0427 e. The van der Waals surface area contributed by atoms with Gasteiger partial charge in [0, 0.05) is 41.3 Å². The first kappa shape index (κ1) is 17.0. The normalized spacial score (nSPS) is 19.3.